The molecule has 2 saturated heterocycles. The van der Waals surface area contributed by atoms with Gasteiger partial charge in [0.25, 0.3) is 0 Å². The number of aliphatic carboxylic acids is 2. The SMILES string of the molecule is O=C(O)/C=C/C(=O)O.O=C1OC(Cc2ccccc2)CN1CCC(c1ccccc1)N1CCOCC1. The van der Waals surface area contributed by atoms with Gasteiger partial charge in [0.1, 0.15) is 6.10 Å². The fourth-order valence-electron chi connectivity index (χ4n) is 4.29. The highest BCUT2D eigenvalue weighted by Crippen LogP contribution is 2.27. The van der Waals surface area contributed by atoms with Crippen molar-refractivity contribution in [2.24, 2.45) is 0 Å². The molecule has 0 radical (unpaired) electrons. The Kier molecular flexibility index (Phi) is 10.5. The number of amides is 1. The van der Waals surface area contributed by atoms with E-state index < -0.39 is 11.9 Å². The molecule has 9 nitrogen and oxygen atoms in total. The van der Waals surface area contributed by atoms with E-state index in [-0.39, 0.29) is 12.2 Å². The molecule has 2 unspecified atom stereocenters. The number of ether oxygens (including phenoxy) is 2. The van der Waals surface area contributed by atoms with Crippen LogP contribution in [0.1, 0.15) is 23.6 Å². The number of carboxylic acids is 2. The molecule has 9 heteroatoms. The van der Waals surface area contributed by atoms with Gasteiger partial charge in [0.2, 0.25) is 0 Å². The third kappa shape index (κ3) is 8.83. The van der Waals surface area contributed by atoms with Crippen LogP contribution in [0.2, 0.25) is 0 Å². The summed E-state index contributed by atoms with van der Waals surface area (Å²) in [6, 6.07) is 21.1. The topological polar surface area (TPSA) is 117 Å². The molecule has 2 aromatic rings. The highest BCUT2D eigenvalue weighted by Gasteiger charge is 2.32. The third-order valence-electron chi connectivity index (χ3n) is 5.97. The van der Waals surface area contributed by atoms with Gasteiger partial charge in [-0.15, -0.1) is 0 Å². The van der Waals surface area contributed by atoms with Crippen molar-refractivity contribution in [3.63, 3.8) is 0 Å². The Balaban J connectivity index is 0.000000392. The van der Waals surface area contributed by atoms with E-state index in [0.717, 1.165) is 39.1 Å². The smallest absolute Gasteiger partial charge is 0.410 e. The van der Waals surface area contributed by atoms with Gasteiger partial charge in [-0.1, -0.05) is 60.7 Å². The summed E-state index contributed by atoms with van der Waals surface area (Å²) < 4.78 is 11.1. The molecule has 2 heterocycles. The largest absolute Gasteiger partial charge is 0.478 e. The second kappa shape index (κ2) is 14.0. The molecule has 2 fully saturated rings. The molecule has 192 valence electrons. The lowest BCUT2D eigenvalue weighted by atomic mass is 10.0. The number of rotatable bonds is 9. The Morgan fingerprint density at radius 1 is 0.944 bits per heavy atom. The second-order valence-corrected chi connectivity index (χ2v) is 8.51. The van der Waals surface area contributed by atoms with Crippen LogP contribution in [-0.2, 0) is 25.5 Å². The molecular weight excluding hydrogens is 464 g/mol. The van der Waals surface area contributed by atoms with E-state index in [9.17, 15) is 14.4 Å². The van der Waals surface area contributed by atoms with Crippen molar-refractivity contribution in [1.82, 2.24) is 9.80 Å². The molecule has 0 aromatic heterocycles. The maximum atomic E-state index is 12.4. The zero-order chi connectivity index (χ0) is 25.8. The molecule has 36 heavy (non-hydrogen) atoms. The predicted octanol–water partition coefficient (Wildman–Crippen LogP) is 3.23. The molecular formula is C27H32N2O7. The molecule has 2 atom stereocenters. The van der Waals surface area contributed by atoms with Gasteiger partial charge in [-0.25, -0.2) is 14.4 Å². The molecule has 1 amide bonds. The molecule has 0 spiro atoms. The van der Waals surface area contributed by atoms with Crippen molar-refractivity contribution in [1.29, 1.82) is 0 Å². The number of carbonyl (C=O) groups is 3. The van der Waals surface area contributed by atoms with E-state index in [1.54, 1.807) is 0 Å². The fraction of sp³-hybridized carbons (Fsp3) is 0.370. The molecule has 0 saturated carbocycles. The zero-order valence-electron chi connectivity index (χ0n) is 20.1. The highest BCUT2D eigenvalue weighted by atomic mass is 16.6. The number of nitrogens with zero attached hydrogens (tertiary/aromatic N) is 2. The summed E-state index contributed by atoms with van der Waals surface area (Å²) in [7, 11) is 0. The highest BCUT2D eigenvalue weighted by molar-refractivity contribution is 5.89. The zero-order valence-corrected chi connectivity index (χ0v) is 20.1. The lowest BCUT2D eigenvalue weighted by Crippen LogP contribution is -2.40. The average molecular weight is 497 g/mol. The van der Waals surface area contributed by atoms with Crippen molar-refractivity contribution < 1.29 is 34.1 Å². The Hall–Kier alpha value is -3.69. The molecule has 2 aliphatic rings. The fourth-order valence-corrected chi connectivity index (χ4v) is 4.29. The average Bonchev–Trinajstić information content (AvgIpc) is 3.23. The summed E-state index contributed by atoms with van der Waals surface area (Å²) in [6.45, 7) is 4.78. The number of carbonyl (C=O) groups excluding carboxylic acids is 1. The van der Waals surface area contributed by atoms with E-state index in [1.165, 1.54) is 11.1 Å². The van der Waals surface area contributed by atoms with Crippen molar-refractivity contribution in [2.75, 3.05) is 39.4 Å². The first kappa shape index (κ1) is 26.9. The number of cyclic esters (lactones) is 1. The first-order chi connectivity index (χ1) is 17.4. The second-order valence-electron chi connectivity index (χ2n) is 8.51. The normalized spacial score (nSPS) is 18.8. The van der Waals surface area contributed by atoms with E-state index in [4.69, 9.17) is 19.7 Å². The lowest BCUT2D eigenvalue weighted by molar-refractivity contribution is -0.134. The minimum absolute atomic E-state index is 0.0616. The van der Waals surface area contributed by atoms with Gasteiger partial charge in [-0.2, -0.15) is 0 Å². The molecule has 0 bridgehead atoms. The summed E-state index contributed by atoms with van der Waals surface area (Å²) in [5, 5.41) is 15.6. The van der Waals surface area contributed by atoms with Gasteiger partial charge in [0, 0.05) is 44.2 Å². The molecule has 2 N–H and O–H groups in total. The Morgan fingerprint density at radius 2 is 1.53 bits per heavy atom. The number of hydrogen-bond donors (Lipinski definition) is 2. The third-order valence-corrected chi connectivity index (χ3v) is 5.97. The van der Waals surface area contributed by atoms with Crippen LogP contribution in [0.15, 0.2) is 72.8 Å². The van der Waals surface area contributed by atoms with Gasteiger partial charge < -0.3 is 24.6 Å². The van der Waals surface area contributed by atoms with E-state index in [1.807, 2.05) is 29.2 Å². The Morgan fingerprint density at radius 3 is 2.11 bits per heavy atom. The monoisotopic (exact) mass is 496 g/mol. The first-order valence-corrected chi connectivity index (χ1v) is 11.9. The minimum atomic E-state index is -1.26. The Labute approximate surface area is 210 Å². The van der Waals surface area contributed by atoms with E-state index in [0.29, 0.717) is 31.3 Å². The predicted molar refractivity (Wildman–Crippen MR) is 133 cm³/mol. The van der Waals surface area contributed by atoms with Crippen LogP contribution in [-0.4, -0.2) is 83.5 Å². The molecule has 2 aromatic carbocycles. The van der Waals surface area contributed by atoms with Gasteiger partial charge in [0.15, 0.2) is 0 Å². The number of carboxylic acid groups (broad SMARTS) is 2. The summed E-state index contributed by atoms with van der Waals surface area (Å²) in [5.41, 5.74) is 2.51. The van der Waals surface area contributed by atoms with Crippen LogP contribution >= 0.6 is 0 Å². The van der Waals surface area contributed by atoms with Crippen LogP contribution in [0.5, 0.6) is 0 Å². The molecule has 4 rings (SSSR count). The summed E-state index contributed by atoms with van der Waals surface area (Å²) in [5.74, 6) is -2.51. The maximum Gasteiger partial charge on any atom is 0.410 e. The number of morpholine rings is 1. The summed E-state index contributed by atoms with van der Waals surface area (Å²) in [6.07, 6.45) is 2.54. The van der Waals surface area contributed by atoms with Gasteiger partial charge >= 0.3 is 18.0 Å². The van der Waals surface area contributed by atoms with Gasteiger partial charge in [0.05, 0.1) is 19.8 Å². The first-order valence-electron chi connectivity index (χ1n) is 11.9. The van der Waals surface area contributed by atoms with Crippen LogP contribution in [0.3, 0.4) is 0 Å². The maximum absolute atomic E-state index is 12.4. The van der Waals surface area contributed by atoms with Crippen LogP contribution in [0.25, 0.3) is 0 Å². The van der Waals surface area contributed by atoms with Crippen molar-refractivity contribution in [3.8, 4) is 0 Å². The minimum Gasteiger partial charge on any atom is -0.478 e. The summed E-state index contributed by atoms with van der Waals surface area (Å²) >= 11 is 0. The molecule has 0 aliphatic carbocycles. The van der Waals surface area contributed by atoms with Gasteiger partial charge in [-0.05, 0) is 17.5 Å². The van der Waals surface area contributed by atoms with Crippen LogP contribution in [0, 0.1) is 0 Å². The van der Waals surface area contributed by atoms with E-state index in [2.05, 4.69) is 41.3 Å². The number of hydrogen-bond acceptors (Lipinski definition) is 6. The van der Waals surface area contributed by atoms with E-state index >= 15 is 0 Å². The standard InChI is InChI=1S/C23H28N2O3.C4H4O4/c26-23-25(18-21(28-23)17-19-7-3-1-4-8-19)12-11-22(20-9-5-2-6-10-20)24-13-15-27-16-14-24;5-3(6)1-2-4(7)8/h1-10,21-22H,11-18H2;1-2H,(H,5,6)(H,7,8)/b;2-1+. The van der Waals surface area contributed by atoms with Gasteiger partial charge in [-0.3, -0.25) is 4.90 Å². The van der Waals surface area contributed by atoms with Crippen molar-refractivity contribution >= 4 is 18.0 Å². The van der Waals surface area contributed by atoms with Crippen LogP contribution in [0.4, 0.5) is 4.79 Å². The molecule has 2 aliphatic heterocycles. The summed E-state index contributed by atoms with van der Waals surface area (Å²) in [4.78, 5) is 35.8. The lowest BCUT2D eigenvalue weighted by Gasteiger charge is -2.35. The Bertz CT molecular complexity index is 991. The van der Waals surface area contributed by atoms with Crippen molar-refractivity contribution in [3.05, 3.63) is 83.9 Å². The quantitative estimate of drug-likeness (QED) is 0.509. The van der Waals surface area contributed by atoms with Crippen LogP contribution < -0.4 is 0 Å². The number of benzene rings is 2. The van der Waals surface area contributed by atoms with Crippen molar-refractivity contribution in [2.45, 2.75) is 25.0 Å².